The van der Waals surface area contributed by atoms with Crippen molar-refractivity contribution in [2.45, 2.75) is 6.18 Å². The van der Waals surface area contributed by atoms with E-state index in [0.717, 1.165) is 28.6 Å². The summed E-state index contributed by atoms with van der Waals surface area (Å²) in [7, 11) is 0. The molecule has 25 heavy (non-hydrogen) atoms. The molecule has 3 nitrogen and oxygen atoms in total. The summed E-state index contributed by atoms with van der Waals surface area (Å²) in [5.41, 5.74) is 2.88. The minimum absolute atomic E-state index is 0.621. The van der Waals surface area contributed by atoms with Crippen LogP contribution in [0.4, 0.5) is 13.2 Å². The van der Waals surface area contributed by atoms with Crippen molar-refractivity contribution in [2.24, 2.45) is 0 Å². The molecule has 0 aliphatic rings. The highest BCUT2D eigenvalue weighted by Gasteiger charge is 2.30. The fourth-order valence-corrected chi connectivity index (χ4v) is 2.74. The molecule has 0 bridgehead atoms. The standard InChI is InChI=1S/C19H12F3N3/c20-19(21,22)14-8-5-13(6-9-14)18-15(11-23-25-18)17-10-7-12-3-1-2-4-16(12)24-17/h1-11H,(H,23,25). The fourth-order valence-electron chi connectivity index (χ4n) is 2.74. The van der Waals surface area contributed by atoms with Crippen molar-refractivity contribution in [3.8, 4) is 22.5 Å². The molecule has 124 valence electrons. The smallest absolute Gasteiger partial charge is 0.277 e. The Morgan fingerprint density at radius 2 is 1.60 bits per heavy atom. The molecule has 0 amide bonds. The lowest BCUT2D eigenvalue weighted by Crippen LogP contribution is -2.04. The van der Waals surface area contributed by atoms with Gasteiger partial charge < -0.3 is 0 Å². The summed E-state index contributed by atoms with van der Waals surface area (Å²) < 4.78 is 38.2. The Morgan fingerprint density at radius 1 is 0.840 bits per heavy atom. The average Bonchev–Trinajstić information content (AvgIpc) is 3.10. The molecule has 6 heteroatoms. The number of rotatable bonds is 2. The molecule has 4 rings (SSSR count). The van der Waals surface area contributed by atoms with Crippen LogP contribution in [0.5, 0.6) is 0 Å². The predicted molar refractivity (Wildman–Crippen MR) is 89.8 cm³/mol. The number of halogens is 3. The van der Waals surface area contributed by atoms with Crippen LogP contribution in [0.3, 0.4) is 0 Å². The zero-order valence-electron chi connectivity index (χ0n) is 12.9. The van der Waals surface area contributed by atoms with Crippen LogP contribution in [0.2, 0.25) is 0 Å². The van der Waals surface area contributed by atoms with Crippen LogP contribution in [-0.4, -0.2) is 15.2 Å². The van der Waals surface area contributed by atoms with E-state index in [-0.39, 0.29) is 0 Å². The second-order valence-corrected chi connectivity index (χ2v) is 5.62. The second kappa shape index (κ2) is 5.73. The first kappa shape index (κ1) is 15.4. The van der Waals surface area contributed by atoms with E-state index >= 15 is 0 Å². The normalized spacial score (nSPS) is 11.8. The summed E-state index contributed by atoms with van der Waals surface area (Å²) in [5.74, 6) is 0. The van der Waals surface area contributed by atoms with E-state index in [1.54, 1.807) is 6.20 Å². The summed E-state index contributed by atoms with van der Waals surface area (Å²) in [6, 6.07) is 16.6. The Labute approximate surface area is 141 Å². The fraction of sp³-hybridized carbons (Fsp3) is 0.0526. The van der Waals surface area contributed by atoms with Gasteiger partial charge in [0.1, 0.15) is 0 Å². The van der Waals surface area contributed by atoms with Gasteiger partial charge in [-0.25, -0.2) is 4.98 Å². The summed E-state index contributed by atoms with van der Waals surface area (Å²) >= 11 is 0. The van der Waals surface area contributed by atoms with Crippen LogP contribution in [0.1, 0.15) is 5.56 Å². The third-order valence-corrected chi connectivity index (χ3v) is 4.01. The molecule has 2 aromatic carbocycles. The van der Waals surface area contributed by atoms with E-state index in [2.05, 4.69) is 15.2 Å². The minimum atomic E-state index is -4.35. The number of nitrogens with zero attached hydrogens (tertiary/aromatic N) is 2. The van der Waals surface area contributed by atoms with E-state index in [4.69, 9.17) is 0 Å². The number of alkyl halides is 3. The topological polar surface area (TPSA) is 41.6 Å². The van der Waals surface area contributed by atoms with Gasteiger partial charge in [-0.1, -0.05) is 36.4 Å². The zero-order chi connectivity index (χ0) is 17.4. The van der Waals surface area contributed by atoms with Crippen LogP contribution in [-0.2, 0) is 6.18 Å². The molecule has 0 aliphatic heterocycles. The molecule has 2 aromatic heterocycles. The van der Waals surface area contributed by atoms with Gasteiger partial charge in [-0.3, -0.25) is 5.10 Å². The molecule has 4 aromatic rings. The van der Waals surface area contributed by atoms with E-state index < -0.39 is 11.7 Å². The van der Waals surface area contributed by atoms with Gasteiger partial charge in [0, 0.05) is 16.5 Å². The third kappa shape index (κ3) is 2.87. The molecule has 0 saturated carbocycles. The Kier molecular flexibility index (Phi) is 3.53. The van der Waals surface area contributed by atoms with Gasteiger partial charge in [0.2, 0.25) is 0 Å². The van der Waals surface area contributed by atoms with Crippen molar-refractivity contribution in [2.75, 3.05) is 0 Å². The first-order chi connectivity index (χ1) is 12.0. The number of pyridine rings is 1. The SMILES string of the molecule is FC(F)(F)c1ccc(-c2[nH]ncc2-c2ccc3ccccc3n2)cc1. The minimum Gasteiger partial charge on any atom is -0.277 e. The molecule has 0 unspecified atom stereocenters. The average molecular weight is 339 g/mol. The van der Waals surface area contributed by atoms with Gasteiger partial charge in [-0.15, -0.1) is 0 Å². The van der Waals surface area contributed by atoms with E-state index in [1.807, 2.05) is 36.4 Å². The molecular formula is C19H12F3N3. The number of para-hydroxylation sites is 1. The lowest BCUT2D eigenvalue weighted by Gasteiger charge is -2.08. The molecule has 2 heterocycles. The number of aromatic amines is 1. The molecule has 0 aliphatic carbocycles. The van der Waals surface area contributed by atoms with Gasteiger partial charge in [0.05, 0.1) is 28.7 Å². The quantitative estimate of drug-likeness (QED) is 0.538. The summed E-state index contributed by atoms with van der Waals surface area (Å²) in [6.45, 7) is 0. The van der Waals surface area contributed by atoms with Gasteiger partial charge in [0.15, 0.2) is 0 Å². The summed E-state index contributed by atoms with van der Waals surface area (Å²) in [6.07, 6.45) is -2.72. The highest BCUT2D eigenvalue weighted by atomic mass is 19.4. The maximum atomic E-state index is 12.7. The van der Waals surface area contributed by atoms with Crippen molar-refractivity contribution in [1.82, 2.24) is 15.2 Å². The maximum absolute atomic E-state index is 12.7. The Hall–Kier alpha value is -3.15. The number of nitrogens with one attached hydrogen (secondary N) is 1. The van der Waals surface area contributed by atoms with Crippen LogP contribution in [0, 0.1) is 0 Å². The number of benzene rings is 2. The number of H-pyrrole nitrogens is 1. The van der Waals surface area contributed by atoms with Crippen molar-refractivity contribution >= 4 is 10.9 Å². The first-order valence-corrected chi connectivity index (χ1v) is 7.59. The summed E-state index contributed by atoms with van der Waals surface area (Å²) in [4.78, 5) is 4.62. The molecule has 0 saturated heterocycles. The molecule has 0 atom stereocenters. The number of fused-ring (bicyclic) bond motifs is 1. The molecule has 1 N–H and O–H groups in total. The Balaban J connectivity index is 1.77. The molecule has 0 spiro atoms. The van der Waals surface area contributed by atoms with Crippen LogP contribution in [0.15, 0.2) is 66.9 Å². The number of hydrogen-bond acceptors (Lipinski definition) is 2. The molecule has 0 fully saturated rings. The van der Waals surface area contributed by atoms with Crippen LogP contribution < -0.4 is 0 Å². The van der Waals surface area contributed by atoms with Gasteiger partial charge >= 0.3 is 6.18 Å². The van der Waals surface area contributed by atoms with E-state index in [0.29, 0.717) is 17.0 Å². The third-order valence-electron chi connectivity index (χ3n) is 4.01. The largest absolute Gasteiger partial charge is 0.416 e. The summed E-state index contributed by atoms with van der Waals surface area (Å²) in [5, 5.41) is 7.91. The molecular weight excluding hydrogens is 327 g/mol. The van der Waals surface area contributed by atoms with Gasteiger partial charge in [0.25, 0.3) is 0 Å². The lowest BCUT2D eigenvalue weighted by molar-refractivity contribution is -0.137. The Morgan fingerprint density at radius 3 is 2.36 bits per heavy atom. The second-order valence-electron chi connectivity index (χ2n) is 5.62. The van der Waals surface area contributed by atoms with Crippen molar-refractivity contribution < 1.29 is 13.2 Å². The Bertz CT molecular complexity index is 1030. The highest BCUT2D eigenvalue weighted by Crippen LogP contribution is 2.33. The number of aromatic nitrogens is 3. The van der Waals surface area contributed by atoms with Crippen molar-refractivity contribution in [3.63, 3.8) is 0 Å². The van der Waals surface area contributed by atoms with Crippen LogP contribution in [0.25, 0.3) is 33.4 Å². The van der Waals surface area contributed by atoms with Crippen molar-refractivity contribution in [3.05, 3.63) is 72.4 Å². The zero-order valence-corrected chi connectivity index (χ0v) is 12.9. The predicted octanol–water partition coefficient (Wildman–Crippen LogP) is 5.31. The lowest BCUT2D eigenvalue weighted by atomic mass is 10.0. The molecule has 0 radical (unpaired) electrons. The number of hydrogen-bond donors (Lipinski definition) is 1. The van der Waals surface area contributed by atoms with E-state index in [1.165, 1.54) is 12.1 Å². The van der Waals surface area contributed by atoms with Crippen LogP contribution >= 0.6 is 0 Å². The van der Waals surface area contributed by atoms with E-state index in [9.17, 15) is 13.2 Å². The van der Waals surface area contributed by atoms with Crippen molar-refractivity contribution in [1.29, 1.82) is 0 Å². The highest BCUT2D eigenvalue weighted by molar-refractivity contribution is 5.85. The monoisotopic (exact) mass is 339 g/mol. The van der Waals surface area contributed by atoms with Gasteiger partial charge in [-0.2, -0.15) is 18.3 Å². The maximum Gasteiger partial charge on any atom is 0.416 e. The first-order valence-electron chi connectivity index (χ1n) is 7.59. The van der Waals surface area contributed by atoms with Gasteiger partial charge in [-0.05, 0) is 24.3 Å².